The summed E-state index contributed by atoms with van der Waals surface area (Å²) in [6.45, 7) is 9.86. The first-order valence-corrected chi connectivity index (χ1v) is 11.4. The molecule has 0 radical (unpaired) electrons. The average molecular weight is 438 g/mol. The maximum absolute atomic E-state index is 12.8. The molecule has 0 aliphatic rings. The molecule has 3 heterocycles. The number of para-hydroxylation sites is 2. The molecule has 0 unspecified atom stereocenters. The van der Waals surface area contributed by atoms with Crippen molar-refractivity contribution >= 4 is 34.2 Å². The molecule has 1 amide bonds. The van der Waals surface area contributed by atoms with E-state index < -0.39 is 0 Å². The van der Waals surface area contributed by atoms with Gasteiger partial charge in [0.25, 0.3) is 0 Å². The van der Waals surface area contributed by atoms with Crippen molar-refractivity contribution in [2.75, 3.05) is 25.0 Å². The SMILES string of the molecule is CCN(CC)CCn1c(NC(=O)Cc2csc(-c3ccc(C)o3)n2)nc2ccccc21. The molecule has 0 saturated heterocycles. The summed E-state index contributed by atoms with van der Waals surface area (Å²) in [4.78, 5) is 24.3. The maximum Gasteiger partial charge on any atom is 0.232 e. The van der Waals surface area contributed by atoms with Gasteiger partial charge in [0.05, 0.1) is 23.1 Å². The Balaban J connectivity index is 1.49. The lowest BCUT2D eigenvalue weighted by Gasteiger charge is -2.19. The standard InChI is InChI=1S/C23H27N5O2S/c1-4-27(5-2)12-13-28-19-9-7-6-8-18(19)25-23(28)26-21(29)14-17-15-31-22(24-17)20-11-10-16(3)30-20/h6-11,15H,4-5,12-14H2,1-3H3,(H,25,26,29). The summed E-state index contributed by atoms with van der Waals surface area (Å²) >= 11 is 1.48. The second kappa shape index (κ2) is 9.45. The number of rotatable bonds is 9. The molecule has 0 spiro atoms. The Morgan fingerprint density at radius 3 is 2.71 bits per heavy atom. The third kappa shape index (κ3) is 4.86. The predicted octanol–water partition coefficient (Wildman–Crippen LogP) is 4.58. The summed E-state index contributed by atoms with van der Waals surface area (Å²) in [5.74, 6) is 2.02. The molecule has 0 bridgehead atoms. The fraction of sp³-hybridized carbons (Fsp3) is 0.348. The monoisotopic (exact) mass is 437 g/mol. The number of anilines is 1. The number of aromatic nitrogens is 3. The zero-order valence-corrected chi connectivity index (χ0v) is 18.9. The number of imidazole rings is 1. The number of thiazole rings is 1. The summed E-state index contributed by atoms with van der Waals surface area (Å²) in [6.07, 6.45) is 0.190. The van der Waals surface area contributed by atoms with Crippen LogP contribution in [0.2, 0.25) is 0 Å². The molecule has 3 aromatic heterocycles. The molecule has 4 aromatic rings. The predicted molar refractivity (Wildman–Crippen MR) is 124 cm³/mol. The normalized spacial score (nSPS) is 11.5. The first-order chi connectivity index (χ1) is 15.1. The number of likely N-dealkylation sites (N-methyl/N-ethyl adjacent to an activating group) is 1. The van der Waals surface area contributed by atoms with Crippen molar-refractivity contribution < 1.29 is 9.21 Å². The average Bonchev–Trinajstić information content (AvgIpc) is 3.48. The molecule has 0 fully saturated rings. The number of carbonyl (C=O) groups is 1. The molecule has 162 valence electrons. The van der Waals surface area contributed by atoms with Crippen LogP contribution in [-0.2, 0) is 17.8 Å². The summed E-state index contributed by atoms with van der Waals surface area (Å²) in [5, 5.41) is 5.68. The highest BCUT2D eigenvalue weighted by Crippen LogP contribution is 2.26. The minimum absolute atomic E-state index is 0.133. The van der Waals surface area contributed by atoms with Crippen molar-refractivity contribution in [3.8, 4) is 10.8 Å². The molecule has 0 aliphatic carbocycles. The number of nitrogens with one attached hydrogen (secondary N) is 1. The van der Waals surface area contributed by atoms with Gasteiger partial charge >= 0.3 is 0 Å². The second-order valence-corrected chi connectivity index (χ2v) is 8.24. The van der Waals surface area contributed by atoms with Crippen LogP contribution in [0.15, 0.2) is 46.2 Å². The van der Waals surface area contributed by atoms with Crippen LogP contribution in [-0.4, -0.2) is 45.0 Å². The van der Waals surface area contributed by atoms with Crippen LogP contribution in [0.3, 0.4) is 0 Å². The van der Waals surface area contributed by atoms with Crippen LogP contribution in [0, 0.1) is 6.92 Å². The molecule has 0 aliphatic heterocycles. The number of amides is 1. The van der Waals surface area contributed by atoms with Crippen LogP contribution >= 0.6 is 11.3 Å². The van der Waals surface area contributed by atoms with Gasteiger partial charge in [-0.25, -0.2) is 9.97 Å². The number of nitrogens with zero attached hydrogens (tertiary/aromatic N) is 4. The third-order valence-electron chi connectivity index (χ3n) is 5.28. The number of benzene rings is 1. The summed E-state index contributed by atoms with van der Waals surface area (Å²) in [6, 6.07) is 11.8. The molecule has 31 heavy (non-hydrogen) atoms. The largest absolute Gasteiger partial charge is 0.459 e. The number of hydrogen-bond donors (Lipinski definition) is 1. The van der Waals surface area contributed by atoms with E-state index in [1.54, 1.807) is 0 Å². The topological polar surface area (TPSA) is 76.2 Å². The van der Waals surface area contributed by atoms with Gasteiger partial charge in [0.1, 0.15) is 5.76 Å². The van der Waals surface area contributed by atoms with E-state index >= 15 is 0 Å². The minimum Gasteiger partial charge on any atom is -0.459 e. The van der Waals surface area contributed by atoms with Crippen molar-refractivity contribution in [1.82, 2.24) is 19.4 Å². The van der Waals surface area contributed by atoms with Crippen LogP contribution in [0.5, 0.6) is 0 Å². The van der Waals surface area contributed by atoms with E-state index in [-0.39, 0.29) is 12.3 Å². The first-order valence-electron chi connectivity index (χ1n) is 10.6. The smallest absolute Gasteiger partial charge is 0.232 e. The summed E-state index contributed by atoms with van der Waals surface area (Å²) in [5.41, 5.74) is 2.62. The van der Waals surface area contributed by atoms with Gasteiger partial charge in [0.2, 0.25) is 11.9 Å². The molecular formula is C23H27N5O2S. The summed E-state index contributed by atoms with van der Waals surface area (Å²) in [7, 11) is 0. The van der Waals surface area contributed by atoms with Crippen molar-refractivity contribution in [3.63, 3.8) is 0 Å². The lowest BCUT2D eigenvalue weighted by atomic mass is 10.3. The Hall–Kier alpha value is -2.97. The molecule has 4 rings (SSSR count). The molecule has 0 atom stereocenters. The van der Waals surface area contributed by atoms with Crippen molar-refractivity contribution in [3.05, 3.63) is 53.2 Å². The van der Waals surface area contributed by atoms with E-state index in [0.29, 0.717) is 5.95 Å². The molecule has 1 aromatic carbocycles. The number of furan rings is 1. The van der Waals surface area contributed by atoms with Crippen LogP contribution in [0.25, 0.3) is 21.8 Å². The Bertz CT molecular complexity index is 1170. The van der Waals surface area contributed by atoms with E-state index in [1.165, 1.54) is 11.3 Å². The van der Waals surface area contributed by atoms with Crippen LogP contribution in [0.4, 0.5) is 5.95 Å². The van der Waals surface area contributed by atoms with Gasteiger partial charge in [0.15, 0.2) is 10.8 Å². The van der Waals surface area contributed by atoms with Gasteiger partial charge < -0.3 is 13.9 Å². The first kappa shape index (κ1) is 21.3. The van der Waals surface area contributed by atoms with Crippen molar-refractivity contribution in [1.29, 1.82) is 0 Å². The van der Waals surface area contributed by atoms with E-state index in [4.69, 9.17) is 4.42 Å². The fourth-order valence-corrected chi connectivity index (χ4v) is 4.34. The Morgan fingerprint density at radius 2 is 1.97 bits per heavy atom. The lowest BCUT2D eigenvalue weighted by Crippen LogP contribution is -2.28. The maximum atomic E-state index is 12.8. The van der Waals surface area contributed by atoms with Gasteiger partial charge in [-0.2, -0.15) is 0 Å². The van der Waals surface area contributed by atoms with Crippen LogP contribution in [0.1, 0.15) is 25.3 Å². The van der Waals surface area contributed by atoms with Gasteiger partial charge in [-0.05, 0) is 44.3 Å². The Kier molecular flexibility index (Phi) is 6.48. The Morgan fingerprint density at radius 1 is 1.16 bits per heavy atom. The van der Waals surface area contributed by atoms with E-state index in [2.05, 4.69) is 38.6 Å². The summed E-state index contributed by atoms with van der Waals surface area (Å²) < 4.78 is 7.71. The van der Waals surface area contributed by atoms with Gasteiger partial charge in [0, 0.05) is 18.5 Å². The number of aryl methyl sites for hydroxylation is 1. The van der Waals surface area contributed by atoms with Gasteiger partial charge in [-0.15, -0.1) is 11.3 Å². The zero-order chi connectivity index (χ0) is 21.8. The number of carbonyl (C=O) groups excluding carboxylic acids is 1. The van der Waals surface area contributed by atoms with Gasteiger partial charge in [-0.1, -0.05) is 26.0 Å². The number of hydrogen-bond acceptors (Lipinski definition) is 6. The van der Waals surface area contributed by atoms with Gasteiger partial charge in [-0.3, -0.25) is 10.1 Å². The van der Waals surface area contributed by atoms with Crippen molar-refractivity contribution in [2.45, 2.75) is 33.7 Å². The Labute approximate surface area is 185 Å². The molecule has 1 N–H and O–H groups in total. The highest BCUT2D eigenvalue weighted by Gasteiger charge is 2.16. The van der Waals surface area contributed by atoms with E-state index in [9.17, 15) is 4.79 Å². The molecular weight excluding hydrogens is 410 g/mol. The second-order valence-electron chi connectivity index (χ2n) is 7.38. The molecule has 8 heteroatoms. The highest BCUT2D eigenvalue weighted by atomic mass is 32.1. The van der Waals surface area contributed by atoms with Crippen LogP contribution < -0.4 is 5.32 Å². The quantitative estimate of drug-likeness (QED) is 0.415. The highest BCUT2D eigenvalue weighted by molar-refractivity contribution is 7.13. The fourth-order valence-electron chi connectivity index (χ4n) is 3.56. The lowest BCUT2D eigenvalue weighted by molar-refractivity contribution is -0.115. The minimum atomic E-state index is -0.133. The van der Waals surface area contributed by atoms with Crippen molar-refractivity contribution in [2.24, 2.45) is 0 Å². The van der Waals surface area contributed by atoms with E-state index in [1.807, 2.05) is 48.7 Å². The zero-order valence-electron chi connectivity index (χ0n) is 18.1. The third-order valence-corrected chi connectivity index (χ3v) is 6.19. The molecule has 0 saturated carbocycles. The molecule has 7 nitrogen and oxygen atoms in total. The van der Waals surface area contributed by atoms with E-state index in [0.717, 1.165) is 59.4 Å². The number of fused-ring (bicyclic) bond motifs is 1.